The third kappa shape index (κ3) is 6.30. The van der Waals surface area contributed by atoms with E-state index in [9.17, 15) is 9.59 Å². The van der Waals surface area contributed by atoms with Crippen LogP contribution in [0, 0.1) is 12.8 Å². The molecule has 1 aromatic heterocycles. The van der Waals surface area contributed by atoms with Gasteiger partial charge in [0.1, 0.15) is 11.9 Å². The number of anilines is 1. The predicted molar refractivity (Wildman–Crippen MR) is 85.3 cm³/mol. The van der Waals surface area contributed by atoms with Gasteiger partial charge in [0, 0.05) is 11.8 Å². The van der Waals surface area contributed by atoms with Gasteiger partial charge in [-0.1, -0.05) is 25.6 Å². The Bertz CT molecular complexity index is 517. The van der Waals surface area contributed by atoms with Crippen LogP contribution in [0.2, 0.25) is 0 Å². The highest BCUT2D eigenvalue weighted by atomic mass is 32.2. The normalized spacial score (nSPS) is 12.0. The van der Waals surface area contributed by atoms with Crippen molar-refractivity contribution in [1.82, 2.24) is 15.3 Å². The van der Waals surface area contributed by atoms with Crippen LogP contribution in [-0.2, 0) is 14.3 Å². The summed E-state index contributed by atoms with van der Waals surface area (Å²) in [5, 5.41) is 3.11. The zero-order valence-corrected chi connectivity index (χ0v) is 14.1. The summed E-state index contributed by atoms with van der Waals surface area (Å²) in [6.07, 6.45) is 0.525. The van der Waals surface area contributed by atoms with Crippen LogP contribution in [0.1, 0.15) is 26.0 Å². The fourth-order valence-corrected chi connectivity index (χ4v) is 2.55. The van der Waals surface area contributed by atoms with Crippen molar-refractivity contribution in [2.45, 2.75) is 38.4 Å². The largest absolute Gasteiger partial charge is 0.467 e. The van der Waals surface area contributed by atoms with Gasteiger partial charge in [-0.15, -0.1) is 0 Å². The maximum Gasteiger partial charge on any atom is 0.328 e. The maximum atomic E-state index is 12.0. The Kier molecular flexibility index (Phi) is 7.10. The number of methoxy groups -OCH3 is 1. The second kappa shape index (κ2) is 8.57. The molecule has 22 heavy (non-hydrogen) atoms. The molecule has 0 saturated heterocycles. The van der Waals surface area contributed by atoms with Gasteiger partial charge in [-0.2, -0.15) is 0 Å². The van der Waals surface area contributed by atoms with E-state index in [1.54, 1.807) is 13.0 Å². The number of nitrogens with zero attached hydrogens (tertiary/aromatic N) is 2. The third-order valence-electron chi connectivity index (χ3n) is 2.71. The van der Waals surface area contributed by atoms with Gasteiger partial charge in [0.2, 0.25) is 5.91 Å². The summed E-state index contributed by atoms with van der Waals surface area (Å²) < 4.78 is 4.71. The number of carbonyl (C=O) groups excluding carboxylic acids is 2. The average molecular weight is 326 g/mol. The summed E-state index contributed by atoms with van der Waals surface area (Å²) in [7, 11) is 1.31. The van der Waals surface area contributed by atoms with Gasteiger partial charge in [-0.3, -0.25) is 4.79 Å². The molecule has 0 aromatic carbocycles. The van der Waals surface area contributed by atoms with E-state index >= 15 is 0 Å². The van der Waals surface area contributed by atoms with Crippen molar-refractivity contribution in [3.05, 3.63) is 11.8 Å². The van der Waals surface area contributed by atoms with Crippen LogP contribution in [0.4, 0.5) is 5.82 Å². The number of nitrogens with one attached hydrogen (secondary N) is 1. The molecular formula is C14H22N4O3S. The minimum absolute atomic E-state index is 0.106. The van der Waals surface area contributed by atoms with Gasteiger partial charge in [0.05, 0.1) is 12.9 Å². The number of nitrogen functional groups attached to an aromatic ring is 1. The lowest BCUT2D eigenvalue weighted by atomic mass is 10.0. The number of ether oxygens (including phenoxy) is 1. The molecule has 7 nitrogen and oxygen atoms in total. The first-order chi connectivity index (χ1) is 10.3. The Morgan fingerprint density at radius 3 is 2.64 bits per heavy atom. The molecule has 122 valence electrons. The zero-order chi connectivity index (χ0) is 16.7. The van der Waals surface area contributed by atoms with E-state index in [0.717, 1.165) is 5.69 Å². The van der Waals surface area contributed by atoms with Crippen LogP contribution >= 0.6 is 11.8 Å². The van der Waals surface area contributed by atoms with Crippen LogP contribution in [0.3, 0.4) is 0 Å². The molecule has 0 spiro atoms. The van der Waals surface area contributed by atoms with Crippen molar-refractivity contribution in [2.75, 3.05) is 18.6 Å². The Morgan fingerprint density at radius 2 is 2.09 bits per heavy atom. The first-order valence-corrected chi connectivity index (χ1v) is 7.91. The number of aromatic nitrogens is 2. The fourth-order valence-electron chi connectivity index (χ4n) is 1.82. The number of rotatable bonds is 7. The van der Waals surface area contributed by atoms with Gasteiger partial charge in [-0.25, -0.2) is 14.8 Å². The molecule has 0 radical (unpaired) electrons. The van der Waals surface area contributed by atoms with Gasteiger partial charge in [0.25, 0.3) is 0 Å². The second-order valence-corrected chi connectivity index (χ2v) is 6.22. The Hall–Kier alpha value is -1.83. The molecule has 3 N–H and O–H groups in total. The van der Waals surface area contributed by atoms with Crippen molar-refractivity contribution in [3.63, 3.8) is 0 Å². The number of thioether (sulfide) groups is 1. The van der Waals surface area contributed by atoms with Gasteiger partial charge in [0.15, 0.2) is 5.16 Å². The summed E-state index contributed by atoms with van der Waals surface area (Å²) in [6.45, 7) is 5.75. The molecule has 0 aliphatic rings. The predicted octanol–water partition coefficient (Wildman–Crippen LogP) is 1.16. The number of carbonyl (C=O) groups is 2. The monoisotopic (exact) mass is 326 g/mol. The smallest absolute Gasteiger partial charge is 0.328 e. The lowest BCUT2D eigenvalue weighted by molar-refractivity contribution is -0.145. The molecule has 1 heterocycles. The summed E-state index contributed by atoms with van der Waals surface area (Å²) in [6, 6.07) is 1.02. The SMILES string of the molecule is COC(=O)[C@@H](CC(C)C)NC(=O)CSc1nc(C)cc(N)n1. The van der Waals surface area contributed by atoms with E-state index < -0.39 is 12.0 Å². The lowest BCUT2D eigenvalue weighted by Crippen LogP contribution is -2.43. The van der Waals surface area contributed by atoms with Crippen molar-refractivity contribution >= 4 is 29.5 Å². The topological polar surface area (TPSA) is 107 Å². The molecule has 0 bridgehead atoms. The molecule has 0 fully saturated rings. The molecular weight excluding hydrogens is 304 g/mol. The Labute approximate surface area is 134 Å². The number of hydrogen-bond acceptors (Lipinski definition) is 7. The quantitative estimate of drug-likeness (QED) is 0.440. The summed E-state index contributed by atoms with van der Waals surface area (Å²) in [4.78, 5) is 31.9. The van der Waals surface area contributed by atoms with Crippen molar-refractivity contribution < 1.29 is 14.3 Å². The van der Waals surface area contributed by atoms with Gasteiger partial charge >= 0.3 is 5.97 Å². The highest BCUT2D eigenvalue weighted by Crippen LogP contribution is 2.15. The molecule has 1 amide bonds. The standard InChI is InChI=1S/C14H22N4O3S/c1-8(2)5-10(13(20)21-4)17-12(19)7-22-14-16-9(3)6-11(15)18-14/h6,8,10H,5,7H2,1-4H3,(H,17,19)(H2,15,16,18)/t10-/m1/s1. The number of nitrogens with two attached hydrogens (primary N) is 1. The van der Waals surface area contributed by atoms with Crippen LogP contribution in [0.15, 0.2) is 11.2 Å². The third-order valence-corrected chi connectivity index (χ3v) is 3.56. The van der Waals surface area contributed by atoms with Crippen LogP contribution in [-0.4, -0.2) is 40.7 Å². The number of esters is 1. The Balaban J connectivity index is 2.58. The molecule has 0 unspecified atom stereocenters. The number of amides is 1. The zero-order valence-electron chi connectivity index (χ0n) is 13.3. The minimum atomic E-state index is -0.637. The molecule has 0 aliphatic carbocycles. The molecule has 0 aliphatic heterocycles. The second-order valence-electron chi connectivity index (χ2n) is 5.28. The highest BCUT2D eigenvalue weighted by Gasteiger charge is 2.22. The molecule has 8 heteroatoms. The van der Waals surface area contributed by atoms with E-state index in [1.807, 2.05) is 13.8 Å². The van der Waals surface area contributed by atoms with Crippen molar-refractivity contribution in [1.29, 1.82) is 0 Å². The first-order valence-electron chi connectivity index (χ1n) is 6.93. The van der Waals surface area contributed by atoms with Crippen LogP contribution in [0.25, 0.3) is 0 Å². The minimum Gasteiger partial charge on any atom is -0.467 e. The van der Waals surface area contributed by atoms with Gasteiger partial charge in [-0.05, 0) is 19.3 Å². The number of hydrogen-bond donors (Lipinski definition) is 2. The molecule has 1 aromatic rings. The van der Waals surface area contributed by atoms with Crippen molar-refractivity contribution in [2.24, 2.45) is 5.92 Å². The molecule has 1 rings (SSSR count). The Morgan fingerprint density at radius 1 is 1.41 bits per heavy atom. The van der Waals surface area contributed by atoms with E-state index in [0.29, 0.717) is 17.4 Å². The highest BCUT2D eigenvalue weighted by molar-refractivity contribution is 7.99. The van der Waals surface area contributed by atoms with E-state index in [2.05, 4.69) is 15.3 Å². The summed E-state index contributed by atoms with van der Waals surface area (Å²) >= 11 is 1.17. The summed E-state index contributed by atoms with van der Waals surface area (Å²) in [5.41, 5.74) is 6.37. The number of aryl methyl sites for hydroxylation is 1. The molecule has 0 saturated carbocycles. The molecule has 1 atom stereocenters. The first kappa shape index (κ1) is 18.2. The summed E-state index contributed by atoms with van der Waals surface area (Å²) in [5.74, 6) is 0.0153. The van der Waals surface area contributed by atoms with E-state index in [1.165, 1.54) is 18.9 Å². The maximum absolute atomic E-state index is 12.0. The van der Waals surface area contributed by atoms with Gasteiger partial charge < -0.3 is 15.8 Å². The fraction of sp³-hybridized carbons (Fsp3) is 0.571. The van der Waals surface area contributed by atoms with E-state index in [4.69, 9.17) is 10.5 Å². The lowest BCUT2D eigenvalue weighted by Gasteiger charge is -2.18. The van der Waals surface area contributed by atoms with E-state index in [-0.39, 0.29) is 17.6 Å². The average Bonchev–Trinajstić information content (AvgIpc) is 2.42. The van der Waals surface area contributed by atoms with Crippen molar-refractivity contribution in [3.8, 4) is 0 Å². The van der Waals surface area contributed by atoms with Crippen LogP contribution in [0.5, 0.6) is 0 Å². The van der Waals surface area contributed by atoms with Crippen LogP contribution < -0.4 is 11.1 Å².